The van der Waals surface area contributed by atoms with Gasteiger partial charge in [0.05, 0.1) is 16.1 Å². The van der Waals surface area contributed by atoms with Crippen molar-refractivity contribution >= 4 is 43.9 Å². The van der Waals surface area contributed by atoms with Gasteiger partial charge in [-0.25, -0.2) is 8.42 Å². The predicted octanol–water partition coefficient (Wildman–Crippen LogP) is 4.83. The Morgan fingerprint density at radius 1 is 1.00 bits per heavy atom. The normalized spacial score (nSPS) is 15.7. The second-order valence-electron chi connectivity index (χ2n) is 10.0. The maximum Gasteiger partial charge on any atom is 0.264 e. The number of amides is 2. The van der Waals surface area contributed by atoms with Crippen molar-refractivity contribution in [2.45, 2.75) is 44.0 Å². The Bertz CT molecular complexity index is 1450. The van der Waals surface area contributed by atoms with Crippen molar-refractivity contribution < 1.29 is 18.0 Å². The van der Waals surface area contributed by atoms with Gasteiger partial charge in [0.2, 0.25) is 0 Å². The second kappa shape index (κ2) is 11.5. The van der Waals surface area contributed by atoms with Crippen LogP contribution in [0.2, 0.25) is 0 Å². The molecule has 1 fully saturated rings. The molecule has 8 nitrogen and oxygen atoms in total. The number of hydrogen-bond donors (Lipinski definition) is 1. The van der Waals surface area contributed by atoms with Crippen LogP contribution in [0.25, 0.3) is 0 Å². The number of likely N-dealkylation sites (tertiary alicyclic amines) is 1. The van der Waals surface area contributed by atoms with Gasteiger partial charge in [0, 0.05) is 43.7 Å². The number of carbonyl (C=O) groups excluding carboxylic acids is 2. The Balaban J connectivity index is 1.38. The van der Waals surface area contributed by atoms with Crippen molar-refractivity contribution in [1.82, 2.24) is 9.80 Å². The smallest absolute Gasteiger partial charge is 0.264 e. The monoisotopic (exact) mass is 566 g/mol. The van der Waals surface area contributed by atoms with Crippen molar-refractivity contribution in [2.24, 2.45) is 0 Å². The van der Waals surface area contributed by atoms with Crippen LogP contribution < -0.4 is 9.62 Å². The van der Waals surface area contributed by atoms with Crippen molar-refractivity contribution in [3.8, 4) is 0 Å². The van der Waals surface area contributed by atoms with Gasteiger partial charge in [0.25, 0.3) is 21.8 Å². The minimum Gasteiger partial charge on any atom is -0.339 e. The number of benzene rings is 2. The van der Waals surface area contributed by atoms with Gasteiger partial charge in [-0.1, -0.05) is 25.1 Å². The molecule has 2 aliphatic rings. The largest absolute Gasteiger partial charge is 0.339 e. The quantitative estimate of drug-likeness (QED) is 0.422. The standard InChI is InChI=1S/C29H34N4O4S2/c1-3-16-32-19-15-24-25(20-32)38-28(26(24)29(35)33-17-7-8-18-33)30-27(34)21-11-13-23(14-12-21)39(36,37)31(2)22-9-5-4-6-10-22/h4-6,9-14H,3,7-8,15-20H2,1-2H3,(H,30,34). The molecule has 39 heavy (non-hydrogen) atoms. The fourth-order valence-electron chi connectivity index (χ4n) is 5.24. The number of carbonyl (C=O) groups is 2. The summed E-state index contributed by atoms with van der Waals surface area (Å²) in [6.07, 6.45) is 3.85. The van der Waals surface area contributed by atoms with E-state index in [0.717, 1.165) is 68.8 Å². The summed E-state index contributed by atoms with van der Waals surface area (Å²) >= 11 is 1.49. The zero-order valence-electron chi connectivity index (χ0n) is 22.4. The lowest BCUT2D eigenvalue weighted by Crippen LogP contribution is -2.33. The van der Waals surface area contributed by atoms with Gasteiger partial charge in [0.15, 0.2) is 0 Å². The van der Waals surface area contributed by atoms with E-state index >= 15 is 0 Å². The van der Waals surface area contributed by atoms with Crippen LogP contribution in [-0.2, 0) is 23.0 Å². The maximum atomic E-state index is 13.6. The van der Waals surface area contributed by atoms with E-state index in [1.54, 1.807) is 24.3 Å². The summed E-state index contributed by atoms with van der Waals surface area (Å²) in [5.74, 6) is -0.371. The molecule has 2 aliphatic heterocycles. The highest BCUT2D eigenvalue weighted by molar-refractivity contribution is 7.92. The van der Waals surface area contributed by atoms with Crippen molar-refractivity contribution in [3.63, 3.8) is 0 Å². The Hall–Kier alpha value is -3.21. The van der Waals surface area contributed by atoms with Crippen molar-refractivity contribution in [1.29, 1.82) is 0 Å². The minimum absolute atomic E-state index is 0.00497. The molecule has 2 aromatic carbocycles. The summed E-state index contributed by atoms with van der Waals surface area (Å²) in [6.45, 7) is 6.33. The third-order valence-corrected chi connectivity index (χ3v) is 10.3. The summed E-state index contributed by atoms with van der Waals surface area (Å²) in [7, 11) is -2.28. The van der Waals surface area contributed by atoms with Gasteiger partial charge in [-0.2, -0.15) is 0 Å². The molecule has 3 aromatic rings. The Morgan fingerprint density at radius 3 is 2.36 bits per heavy atom. The number of rotatable bonds is 8. The van der Waals surface area contributed by atoms with E-state index in [0.29, 0.717) is 21.8 Å². The van der Waals surface area contributed by atoms with E-state index in [9.17, 15) is 18.0 Å². The molecular weight excluding hydrogens is 532 g/mol. The van der Waals surface area contributed by atoms with Gasteiger partial charge < -0.3 is 10.2 Å². The third-order valence-electron chi connectivity index (χ3n) is 7.40. The molecule has 5 rings (SSSR count). The van der Waals surface area contributed by atoms with E-state index in [1.165, 1.54) is 47.0 Å². The molecule has 10 heteroatoms. The highest BCUT2D eigenvalue weighted by Gasteiger charge is 2.32. The first-order valence-corrected chi connectivity index (χ1v) is 15.7. The van der Waals surface area contributed by atoms with E-state index in [4.69, 9.17) is 0 Å². The number of hydrogen-bond acceptors (Lipinski definition) is 6. The Morgan fingerprint density at radius 2 is 1.69 bits per heavy atom. The van der Waals surface area contributed by atoms with Crippen LogP contribution in [0.3, 0.4) is 0 Å². The number of thiophene rings is 1. The molecule has 0 unspecified atom stereocenters. The van der Waals surface area contributed by atoms with Crippen LogP contribution in [0.5, 0.6) is 0 Å². The molecule has 0 atom stereocenters. The minimum atomic E-state index is -3.78. The number of para-hydroxylation sites is 1. The molecule has 206 valence electrons. The molecule has 3 heterocycles. The molecule has 2 amide bonds. The summed E-state index contributed by atoms with van der Waals surface area (Å²) < 4.78 is 27.5. The first-order valence-electron chi connectivity index (χ1n) is 13.4. The van der Waals surface area contributed by atoms with Crippen LogP contribution in [0, 0.1) is 0 Å². The molecule has 0 saturated carbocycles. The van der Waals surface area contributed by atoms with Gasteiger partial charge in [-0.15, -0.1) is 11.3 Å². The summed E-state index contributed by atoms with van der Waals surface area (Å²) in [6, 6.07) is 14.8. The van der Waals surface area contributed by atoms with E-state index in [1.807, 2.05) is 11.0 Å². The fourth-order valence-corrected chi connectivity index (χ4v) is 7.72. The summed E-state index contributed by atoms with van der Waals surface area (Å²) in [5.41, 5.74) is 2.57. The van der Waals surface area contributed by atoms with Gasteiger partial charge in [-0.3, -0.25) is 18.8 Å². The number of anilines is 2. The lowest BCUT2D eigenvalue weighted by atomic mass is 10.0. The van der Waals surface area contributed by atoms with E-state index < -0.39 is 10.0 Å². The number of nitrogens with one attached hydrogen (secondary N) is 1. The molecule has 0 radical (unpaired) electrons. The topological polar surface area (TPSA) is 90.0 Å². The molecule has 0 spiro atoms. The first-order chi connectivity index (χ1) is 18.8. The average Bonchev–Trinajstić information content (AvgIpc) is 3.61. The van der Waals surface area contributed by atoms with Gasteiger partial charge >= 0.3 is 0 Å². The van der Waals surface area contributed by atoms with Gasteiger partial charge in [0.1, 0.15) is 5.00 Å². The van der Waals surface area contributed by atoms with Gasteiger partial charge in [-0.05, 0) is 74.2 Å². The van der Waals surface area contributed by atoms with Crippen molar-refractivity contribution in [2.75, 3.05) is 42.8 Å². The fraction of sp³-hybridized carbons (Fsp3) is 0.379. The van der Waals surface area contributed by atoms with Crippen LogP contribution in [-0.4, -0.2) is 63.3 Å². The first kappa shape index (κ1) is 27.4. The number of nitrogens with zero attached hydrogens (tertiary/aromatic N) is 3. The van der Waals surface area contributed by atoms with Crippen molar-refractivity contribution in [3.05, 3.63) is 76.2 Å². The summed E-state index contributed by atoms with van der Waals surface area (Å²) in [4.78, 5) is 32.4. The molecule has 0 aliphatic carbocycles. The number of sulfonamides is 1. The molecule has 1 aromatic heterocycles. The molecule has 1 saturated heterocycles. The molecule has 0 bridgehead atoms. The van der Waals surface area contributed by atoms with E-state index in [-0.39, 0.29) is 16.7 Å². The zero-order chi connectivity index (χ0) is 27.6. The lowest BCUT2D eigenvalue weighted by Gasteiger charge is -2.27. The average molecular weight is 567 g/mol. The number of fused-ring (bicyclic) bond motifs is 1. The summed E-state index contributed by atoms with van der Waals surface area (Å²) in [5, 5.41) is 3.58. The Labute approximate surface area is 234 Å². The van der Waals surface area contributed by atoms with Crippen LogP contribution >= 0.6 is 11.3 Å². The maximum absolute atomic E-state index is 13.6. The SMILES string of the molecule is CCCN1CCc2c(sc(NC(=O)c3ccc(S(=O)(=O)N(C)c4ccccc4)cc3)c2C(=O)N2CCCC2)C1. The van der Waals surface area contributed by atoms with Crippen LogP contribution in [0.4, 0.5) is 10.7 Å². The highest BCUT2D eigenvalue weighted by Crippen LogP contribution is 2.38. The third kappa shape index (κ3) is 5.59. The highest BCUT2D eigenvalue weighted by atomic mass is 32.2. The lowest BCUT2D eigenvalue weighted by molar-refractivity contribution is 0.0792. The predicted molar refractivity (Wildman–Crippen MR) is 155 cm³/mol. The zero-order valence-corrected chi connectivity index (χ0v) is 24.0. The second-order valence-corrected chi connectivity index (χ2v) is 13.1. The Kier molecular flexibility index (Phi) is 8.06. The van der Waals surface area contributed by atoms with Crippen LogP contribution in [0.1, 0.15) is 57.3 Å². The molecular formula is C29H34N4O4S2. The van der Waals surface area contributed by atoms with E-state index in [2.05, 4.69) is 17.1 Å². The molecule has 1 N–H and O–H groups in total. The van der Waals surface area contributed by atoms with Crippen LogP contribution in [0.15, 0.2) is 59.5 Å².